The summed E-state index contributed by atoms with van der Waals surface area (Å²) in [4.78, 5) is 2.30. The van der Waals surface area contributed by atoms with Gasteiger partial charge in [0.2, 0.25) is 0 Å². The highest BCUT2D eigenvalue weighted by Crippen LogP contribution is 2.25. The predicted molar refractivity (Wildman–Crippen MR) is 64.5 cm³/mol. The lowest BCUT2D eigenvalue weighted by Gasteiger charge is -2.24. The Morgan fingerprint density at radius 3 is 2.73 bits per heavy atom. The molecule has 88 valence electrons. The molecule has 0 radical (unpaired) electrons. The van der Waals surface area contributed by atoms with Crippen molar-refractivity contribution < 1.29 is 4.74 Å². The summed E-state index contributed by atoms with van der Waals surface area (Å²) < 4.78 is 5.46. The molecule has 0 aliphatic carbocycles. The van der Waals surface area contributed by atoms with Gasteiger partial charge in [0, 0.05) is 13.1 Å². The molecule has 1 saturated heterocycles. The van der Waals surface area contributed by atoms with E-state index in [4.69, 9.17) is 4.74 Å². The third-order valence-electron chi connectivity index (χ3n) is 3.38. The minimum atomic E-state index is 0.725. The molecule has 1 aliphatic heterocycles. The number of hydrogen-bond acceptors (Lipinski definition) is 2. The van der Waals surface area contributed by atoms with Gasteiger partial charge in [0.15, 0.2) is 5.88 Å². The fraction of sp³-hybridized carbons (Fsp3) is 0.846. The van der Waals surface area contributed by atoms with Gasteiger partial charge in [0.1, 0.15) is 0 Å². The van der Waals surface area contributed by atoms with Crippen LogP contribution in [0.25, 0.3) is 0 Å². The van der Waals surface area contributed by atoms with Gasteiger partial charge in [-0.25, -0.2) is 0 Å². The Hall–Kier alpha value is -0.660. The Labute approximate surface area is 94.3 Å². The molecule has 0 saturated carbocycles. The third-order valence-corrected chi connectivity index (χ3v) is 3.38. The van der Waals surface area contributed by atoms with Crippen molar-refractivity contribution in [3.05, 3.63) is 12.5 Å². The largest absolute Gasteiger partial charge is 0.480 e. The Bertz CT molecular complexity index is 201. The lowest BCUT2D eigenvalue weighted by molar-refractivity contribution is 0.123. The Morgan fingerprint density at radius 1 is 1.40 bits per heavy atom. The average molecular weight is 211 g/mol. The minimum Gasteiger partial charge on any atom is -0.480 e. The second-order valence-corrected chi connectivity index (χ2v) is 4.75. The predicted octanol–water partition coefficient (Wildman–Crippen LogP) is 3.25. The van der Waals surface area contributed by atoms with Crippen LogP contribution in [0.3, 0.4) is 0 Å². The molecule has 0 aromatic carbocycles. The van der Waals surface area contributed by atoms with Gasteiger partial charge in [-0.05, 0) is 44.6 Å². The maximum atomic E-state index is 5.46. The zero-order chi connectivity index (χ0) is 11.3. The fourth-order valence-corrected chi connectivity index (χ4v) is 2.30. The van der Waals surface area contributed by atoms with E-state index in [0.29, 0.717) is 0 Å². The van der Waals surface area contributed by atoms with Gasteiger partial charge < -0.3 is 9.64 Å². The SMILES string of the molecule is C=C(OCC)N1CCCC(C(C)C)CC1. The van der Waals surface area contributed by atoms with Crippen molar-refractivity contribution in [2.45, 2.75) is 40.0 Å². The molecule has 1 unspecified atom stereocenters. The summed E-state index contributed by atoms with van der Waals surface area (Å²) in [6.45, 7) is 13.6. The van der Waals surface area contributed by atoms with Gasteiger partial charge >= 0.3 is 0 Å². The van der Waals surface area contributed by atoms with Gasteiger partial charge in [-0.15, -0.1) is 0 Å². The molecule has 1 fully saturated rings. The van der Waals surface area contributed by atoms with Crippen molar-refractivity contribution in [3.63, 3.8) is 0 Å². The van der Waals surface area contributed by atoms with Crippen LogP contribution in [-0.4, -0.2) is 24.6 Å². The molecular formula is C13H25NO. The van der Waals surface area contributed by atoms with E-state index < -0.39 is 0 Å². The van der Waals surface area contributed by atoms with Gasteiger partial charge in [-0.3, -0.25) is 0 Å². The highest BCUT2D eigenvalue weighted by atomic mass is 16.5. The number of ether oxygens (including phenoxy) is 1. The molecule has 15 heavy (non-hydrogen) atoms. The molecule has 1 rings (SSSR count). The van der Waals surface area contributed by atoms with Crippen LogP contribution in [0.1, 0.15) is 40.0 Å². The smallest absolute Gasteiger partial charge is 0.181 e. The molecule has 0 bridgehead atoms. The first-order valence-corrected chi connectivity index (χ1v) is 6.21. The topological polar surface area (TPSA) is 12.5 Å². The summed E-state index contributed by atoms with van der Waals surface area (Å²) in [5, 5.41) is 0. The molecular weight excluding hydrogens is 186 g/mol. The van der Waals surface area contributed by atoms with E-state index in [9.17, 15) is 0 Å². The molecule has 0 amide bonds. The molecule has 0 aromatic rings. The Kier molecular flexibility index (Phi) is 5.00. The van der Waals surface area contributed by atoms with Crippen LogP contribution in [0, 0.1) is 11.8 Å². The van der Waals surface area contributed by atoms with Crippen molar-refractivity contribution in [3.8, 4) is 0 Å². The van der Waals surface area contributed by atoms with Gasteiger partial charge in [-0.2, -0.15) is 0 Å². The van der Waals surface area contributed by atoms with E-state index in [-0.39, 0.29) is 0 Å². The summed E-state index contributed by atoms with van der Waals surface area (Å²) in [7, 11) is 0. The zero-order valence-electron chi connectivity index (χ0n) is 10.5. The number of rotatable bonds is 4. The summed E-state index contributed by atoms with van der Waals surface area (Å²) in [5.74, 6) is 2.55. The summed E-state index contributed by atoms with van der Waals surface area (Å²) in [6.07, 6.45) is 3.91. The quantitative estimate of drug-likeness (QED) is 0.662. The van der Waals surface area contributed by atoms with E-state index in [0.717, 1.165) is 37.4 Å². The van der Waals surface area contributed by atoms with Gasteiger partial charge in [0.05, 0.1) is 6.61 Å². The van der Waals surface area contributed by atoms with Crippen molar-refractivity contribution in [2.24, 2.45) is 11.8 Å². The van der Waals surface area contributed by atoms with E-state index in [2.05, 4.69) is 25.3 Å². The van der Waals surface area contributed by atoms with Crippen LogP contribution in [0.5, 0.6) is 0 Å². The first-order valence-electron chi connectivity index (χ1n) is 6.21. The molecule has 1 heterocycles. The monoisotopic (exact) mass is 211 g/mol. The van der Waals surface area contributed by atoms with Crippen LogP contribution in [0.15, 0.2) is 12.5 Å². The lowest BCUT2D eigenvalue weighted by atomic mass is 9.89. The fourth-order valence-electron chi connectivity index (χ4n) is 2.30. The van der Waals surface area contributed by atoms with E-state index in [1.807, 2.05) is 6.92 Å². The zero-order valence-corrected chi connectivity index (χ0v) is 10.5. The second kappa shape index (κ2) is 6.04. The molecule has 2 nitrogen and oxygen atoms in total. The maximum Gasteiger partial charge on any atom is 0.181 e. The molecule has 0 spiro atoms. The average Bonchev–Trinajstić information content (AvgIpc) is 2.43. The third kappa shape index (κ3) is 3.77. The normalized spacial score (nSPS) is 22.7. The lowest BCUT2D eigenvalue weighted by Crippen LogP contribution is -2.25. The number of likely N-dealkylation sites (tertiary alicyclic amines) is 1. The van der Waals surface area contributed by atoms with E-state index >= 15 is 0 Å². The van der Waals surface area contributed by atoms with Crippen LogP contribution in [0.2, 0.25) is 0 Å². The van der Waals surface area contributed by atoms with Gasteiger partial charge in [-0.1, -0.05) is 13.8 Å². The van der Waals surface area contributed by atoms with Crippen LogP contribution in [0.4, 0.5) is 0 Å². The van der Waals surface area contributed by atoms with Gasteiger partial charge in [0.25, 0.3) is 0 Å². The van der Waals surface area contributed by atoms with Crippen molar-refractivity contribution in [1.29, 1.82) is 0 Å². The van der Waals surface area contributed by atoms with Crippen molar-refractivity contribution in [2.75, 3.05) is 19.7 Å². The first-order chi connectivity index (χ1) is 7.15. The summed E-state index contributed by atoms with van der Waals surface area (Å²) in [6, 6.07) is 0. The number of hydrogen-bond donors (Lipinski definition) is 0. The van der Waals surface area contributed by atoms with Crippen LogP contribution < -0.4 is 0 Å². The highest BCUT2D eigenvalue weighted by molar-refractivity contribution is 4.86. The van der Waals surface area contributed by atoms with Crippen LogP contribution in [-0.2, 0) is 4.74 Å². The molecule has 2 heteroatoms. The van der Waals surface area contributed by atoms with E-state index in [1.165, 1.54) is 19.3 Å². The minimum absolute atomic E-state index is 0.725. The standard InChI is InChI=1S/C13H25NO/c1-5-15-12(4)14-9-6-7-13(8-10-14)11(2)3/h11,13H,4-10H2,1-3H3. The second-order valence-electron chi connectivity index (χ2n) is 4.75. The molecule has 1 aliphatic rings. The number of nitrogens with zero attached hydrogens (tertiary/aromatic N) is 1. The van der Waals surface area contributed by atoms with E-state index in [1.54, 1.807) is 0 Å². The Balaban J connectivity index is 2.42. The first kappa shape index (κ1) is 12.4. The Morgan fingerprint density at radius 2 is 2.13 bits per heavy atom. The summed E-state index contributed by atoms with van der Waals surface area (Å²) >= 11 is 0. The summed E-state index contributed by atoms with van der Waals surface area (Å²) in [5.41, 5.74) is 0. The van der Waals surface area contributed by atoms with Crippen LogP contribution >= 0.6 is 0 Å². The van der Waals surface area contributed by atoms with Crippen molar-refractivity contribution >= 4 is 0 Å². The van der Waals surface area contributed by atoms with Crippen molar-refractivity contribution in [1.82, 2.24) is 4.90 Å². The highest BCUT2D eigenvalue weighted by Gasteiger charge is 2.20. The maximum absolute atomic E-state index is 5.46. The molecule has 0 aromatic heterocycles. The molecule has 1 atom stereocenters. The molecule has 0 N–H and O–H groups in total.